The van der Waals surface area contributed by atoms with Gasteiger partial charge in [0.1, 0.15) is 0 Å². The third-order valence-electron chi connectivity index (χ3n) is 4.82. The lowest BCUT2D eigenvalue weighted by molar-refractivity contribution is -0.192. The number of nitrogens with zero attached hydrogens (tertiary/aromatic N) is 3. The Morgan fingerprint density at radius 2 is 1.97 bits per heavy atom. The van der Waals surface area contributed by atoms with Crippen LogP contribution in [0.2, 0.25) is 0 Å². The highest BCUT2D eigenvalue weighted by atomic mass is 32.1. The molecule has 0 radical (unpaired) electrons. The van der Waals surface area contributed by atoms with E-state index >= 15 is 0 Å². The van der Waals surface area contributed by atoms with Crippen molar-refractivity contribution in [2.45, 2.75) is 19.1 Å². The van der Waals surface area contributed by atoms with Gasteiger partial charge in [-0.1, -0.05) is 6.07 Å². The Kier molecular flexibility index (Phi) is 7.70. The second-order valence-electron chi connectivity index (χ2n) is 7.64. The fraction of sp³-hybridized carbons (Fsp3) is 0.611. The average molecular weight is 450 g/mol. The summed E-state index contributed by atoms with van der Waals surface area (Å²) in [4.78, 5) is 40.4. The Morgan fingerprint density at radius 1 is 1.30 bits per heavy atom. The third kappa shape index (κ3) is 6.59. The first-order chi connectivity index (χ1) is 13.9. The summed E-state index contributed by atoms with van der Waals surface area (Å²) < 4.78 is 31.7. The van der Waals surface area contributed by atoms with E-state index in [-0.39, 0.29) is 17.4 Å². The highest BCUT2D eigenvalue weighted by Gasteiger charge is 2.44. The summed E-state index contributed by atoms with van der Waals surface area (Å²) in [6, 6.07) is 4.24. The Balaban J connectivity index is 0.000000396. The van der Waals surface area contributed by atoms with Gasteiger partial charge >= 0.3 is 18.2 Å². The number of carboxylic acid groups (broad SMARTS) is 1. The standard InChI is InChI=1S/C16H24N4O2S.C2HF3O2/c1-18(2)15(22)20-6-5-19(9-13-4-3-7-23-13)11-16(12-20)8-14(21)17-10-16;3-2(4,5)1(6)7/h3-4,7H,5-6,8-12H2,1-2H3,(H,17,21);(H,6,7). The zero-order valence-corrected chi connectivity index (χ0v) is 17.6. The fourth-order valence-corrected chi connectivity index (χ4v) is 4.27. The van der Waals surface area contributed by atoms with E-state index < -0.39 is 12.1 Å². The van der Waals surface area contributed by atoms with Crippen LogP contribution in [0, 0.1) is 5.41 Å². The summed E-state index contributed by atoms with van der Waals surface area (Å²) in [6.07, 6.45) is -4.58. The van der Waals surface area contributed by atoms with E-state index in [0.29, 0.717) is 26.1 Å². The molecule has 0 aliphatic carbocycles. The number of rotatable bonds is 2. The lowest BCUT2D eigenvalue weighted by atomic mass is 9.86. The van der Waals surface area contributed by atoms with Crippen LogP contribution in [0.3, 0.4) is 0 Å². The molecule has 0 saturated carbocycles. The van der Waals surface area contributed by atoms with Gasteiger partial charge in [0.05, 0.1) is 0 Å². The first-order valence-electron chi connectivity index (χ1n) is 9.20. The molecule has 8 nitrogen and oxygen atoms in total. The van der Waals surface area contributed by atoms with Gasteiger partial charge < -0.3 is 20.2 Å². The van der Waals surface area contributed by atoms with Gasteiger partial charge in [-0.3, -0.25) is 9.69 Å². The summed E-state index contributed by atoms with van der Waals surface area (Å²) in [5.41, 5.74) is -0.170. The predicted molar refractivity (Wildman–Crippen MR) is 104 cm³/mol. The summed E-state index contributed by atoms with van der Waals surface area (Å²) in [5.74, 6) is -2.66. The number of halogens is 3. The number of nitrogens with one attached hydrogen (secondary N) is 1. The second kappa shape index (κ2) is 9.65. The summed E-state index contributed by atoms with van der Waals surface area (Å²) >= 11 is 1.75. The molecule has 0 aromatic carbocycles. The van der Waals surface area contributed by atoms with Crippen molar-refractivity contribution in [3.05, 3.63) is 22.4 Å². The highest BCUT2D eigenvalue weighted by Crippen LogP contribution is 2.32. The van der Waals surface area contributed by atoms with Crippen molar-refractivity contribution in [2.24, 2.45) is 5.41 Å². The number of hydrogen-bond acceptors (Lipinski definition) is 5. The maximum atomic E-state index is 12.4. The minimum absolute atomic E-state index is 0.0293. The van der Waals surface area contributed by atoms with Crippen LogP contribution in [0.4, 0.5) is 18.0 Å². The average Bonchev–Trinajstić information content (AvgIpc) is 3.23. The molecule has 3 amide bonds. The first-order valence-corrected chi connectivity index (χ1v) is 10.1. The Morgan fingerprint density at radius 3 is 2.43 bits per heavy atom. The first kappa shape index (κ1) is 23.9. The highest BCUT2D eigenvalue weighted by molar-refractivity contribution is 7.09. The van der Waals surface area contributed by atoms with E-state index in [0.717, 1.165) is 19.6 Å². The zero-order chi connectivity index (χ0) is 22.5. The SMILES string of the molecule is CN(C)C(=O)N1CCN(Cc2cccs2)CC2(CNC(=O)C2)C1.O=C(O)C(F)(F)F. The molecule has 1 aromatic heterocycles. The quantitative estimate of drug-likeness (QED) is 0.715. The van der Waals surface area contributed by atoms with Crippen molar-refractivity contribution in [2.75, 3.05) is 46.8 Å². The van der Waals surface area contributed by atoms with E-state index in [1.54, 1.807) is 30.3 Å². The van der Waals surface area contributed by atoms with Gasteiger partial charge in [0.25, 0.3) is 0 Å². The molecule has 2 fully saturated rings. The predicted octanol–water partition coefficient (Wildman–Crippen LogP) is 1.69. The molecule has 2 saturated heterocycles. The smallest absolute Gasteiger partial charge is 0.475 e. The van der Waals surface area contributed by atoms with E-state index in [1.807, 2.05) is 4.90 Å². The minimum atomic E-state index is -5.08. The van der Waals surface area contributed by atoms with E-state index in [4.69, 9.17) is 9.90 Å². The monoisotopic (exact) mass is 450 g/mol. The molecule has 2 aliphatic rings. The topological polar surface area (TPSA) is 93.2 Å². The van der Waals surface area contributed by atoms with Crippen molar-refractivity contribution < 1.29 is 32.7 Å². The molecule has 3 heterocycles. The molecule has 1 spiro atoms. The summed E-state index contributed by atoms with van der Waals surface area (Å²) in [6.45, 7) is 4.58. The van der Waals surface area contributed by atoms with Gasteiger partial charge in [0.2, 0.25) is 5.91 Å². The molecular formula is C18H25F3N4O4S. The number of aliphatic carboxylic acids is 1. The Labute approximate surface area is 176 Å². The molecule has 168 valence electrons. The van der Waals surface area contributed by atoms with Crippen LogP contribution in [0.5, 0.6) is 0 Å². The van der Waals surface area contributed by atoms with Crippen LogP contribution < -0.4 is 5.32 Å². The Bertz CT molecular complexity index is 757. The number of carboxylic acids is 1. The number of thiophene rings is 1. The van der Waals surface area contributed by atoms with E-state index in [9.17, 15) is 22.8 Å². The van der Waals surface area contributed by atoms with Crippen molar-refractivity contribution in [3.63, 3.8) is 0 Å². The summed E-state index contributed by atoms with van der Waals surface area (Å²) in [7, 11) is 3.56. The molecule has 1 unspecified atom stereocenters. The number of carbonyl (C=O) groups excluding carboxylic acids is 2. The lowest BCUT2D eigenvalue weighted by Crippen LogP contribution is -2.46. The van der Waals surface area contributed by atoms with Gasteiger partial charge in [-0.15, -0.1) is 11.3 Å². The number of alkyl halides is 3. The molecule has 30 heavy (non-hydrogen) atoms. The third-order valence-corrected chi connectivity index (χ3v) is 5.68. The van der Waals surface area contributed by atoms with Crippen LogP contribution in [-0.4, -0.2) is 90.7 Å². The molecule has 2 aliphatic heterocycles. The molecule has 12 heteroatoms. The van der Waals surface area contributed by atoms with Crippen molar-refractivity contribution in [1.29, 1.82) is 0 Å². The normalized spacial score (nSPS) is 22.2. The minimum Gasteiger partial charge on any atom is -0.475 e. The second-order valence-corrected chi connectivity index (χ2v) is 8.68. The Hall–Kier alpha value is -2.34. The van der Waals surface area contributed by atoms with Crippen molar-refractivity contribution in [1.82, 2.24) is 20.0 Å². The van der Waals surface area contributed by atoms with Crippen LogP contribution >= 0.6 is 11.3 Å². The molecule has 2 N–H and O–H groups in total. The van der Waals surface area contributed by atoms with Gasteiger partial charge in [0, 0.05) is 70.1 Å². The van der Waals surface area contributed by atoms with E-state index in [2.05, 4.69) is 27.7 Å². The van der Waals surface area contributed by atoms with Gasteiger partial charge in [-0.25, -0.2) is 9.59 Å². The number of carbonyl (C=O) groups is 3. The number of hydrogen-bond donors (Lipinski definition) is 2. The van der Waals surface area contributed by atoms with Gasteiger partial charge in [-0.2, -0.15) is 13.2 Å². The van der Waals surface area contributed by atoms with Gasteiger partial charge in [-0.05, 0) is 11.4 Å². The van der Waals surface area contributed by atoms with Crippen molar-refractivity contribution in [3.8, 4) is 0 Å². The zero-order valence-electron chi connectivity index (χ0n) is 16.7. The molecular weight excluding hydrogens is 425 g/mol. The fourth-order valence-electron chi connectivity index (χ4n) is 3.53. The molecule has 1 atom stereocenters. The van der Waals surface area contributed by atoms with Gasteiger partial charge in [0.15, 0.2) is 0 Å². The number of urea groups is 1. The van der Waals surface area contributed by atoms with Crippen molar-refractivity contribution >= 4 is 29.2 Å². The largest absolute Gasteiger partial charge is 0.490 e. The van der Waals surface area contributed by atoms with E-state index in [1.165, 1.54) is 4.88 Å². The van der Waals surface area contributed by atoms with Crippen LogP contribution in [0.1, 0.15) is 11.3 Å². The van der Waals surface area contributed by atoms with Crippen LogP contribution in [0.15, 0.2) is 17.5 Å². The maximum absolute atomic E-state index is 12.4. The maximum Gasteiger partial charge on any atom is 0.490 e. The number of amides is 3. The molecule has 1 aromatic rings. The van der Waals surface area contributed by atoms with Crippen LogP contribution in [0.25, 0.3) is 0 Å². The lowest BCUT2D eigenvalue weighted by Gasteiger charge is -2.33. The summed E-state index contributed by atoms with van der Waals surface area (Å²) in [5, 5.41) is 12.2. The van der Waals surface area contributed by atoms with Crippen LogP contribution in [-0.2, 0) is 16.1 Å². The molecule has 0 bridgehead atoms. The molecule has 3 rings (SSSR count).